The van der Waals surface area contributed by atoms with Crippen molar-refractivity contribution in [2.24, 2.45) is 0 Å². The van der Waals surface area contributed by atoms with Gasteiger partial charge in [0, 0.05) is 0 Å². The molecular weight excluding hydrogens is 208 g/mol. The van der Waals surface area contributed by atoms with Gasteiger partial charge >= 0.3 is 0 Å². The van der Waals surface area contributed by atoms with E-state index >= 15 is 0 Å². The Balaban J connectivity index is 2.83. The number of thiazole rings is 1. The molecule has 0 atom stereocenters. The van der Waals surface area contributed by atoms with Crippen LogP contribution in [-0.4, -0.2) is 12.1 Å². The molecule has 0 bridgehead atoms. The summed E-state index contributed by atoms with van der Waals surface area (Å²) in [7, 11) is 1.61. The lowest BCUT2D eigenvalue weighted by Gasteiger charge is -1.99. The van der Waals surface area contributed by atoms with Gasteiger partial charge in [-0.15, -0.1) is 0 Å². The van der Waals surface area contributed by atoms with Crippen molar-refractivity contribution in [3.05, 3.63) is 17.2 Å². The lowest BCUT2D eigenvalue weighted by Crippen LogP contribution is -1.82. The van der Waals surface area contributed by atoms with Gasteiger partial charge in [0.25, 0.3) is 0 Å². The Morgan fingerprint density at radius 1 is 1.54 bits per heavy atom. The number of anilines is 1. The van der Waals surface area contributed by atoms with Crippen LogP contribution in [0.25, 0.3) is 10.2 Å². The highest BCUT2D eigenvalue weighted by atomic mass is 35.5. The Morgan fingerprint density at radius 3 is 3.00 bits per heavy atom. The maximum atomic E-state index is 5.93. The zero-order chi connectivity index (χ0) is 9.42. The van der Waals surface area contributed by atoms with Crippen molar-refractivity contribution < 1.29 is 4.74 Å². The molecule has 68 valence electrons. The van der Waals surface area contributed by atoms with E-state index in [0.29, 0.717) is 15.7 Å². The smallest absolute Gasteiger partial charge is 0.181 e. The molecule has 0 amide bonds. The Bertz CT molecular complexity index is 455. The molecule has 2 aromatic rings. The summed E-state index contributed by atoms with van der Waals surface area (Å²) in [6, 6.07) is 3.56. The van der Waals surface area contributed by atoms with Gasteiger partial charge in [0.05, 0.1) is 16.8 Å². The largest absolute Gasteiger partial charge is 0.495 e. The second kappa shape index (κ2) is 3.05. The Kier molecular flexibility index (Phi) is 2.01. The van der Waals surface area contributed by atoms with E-state index in [0.717, 1.165) is 10.4 Å². The Labute approximate surface area is 84.1 Å². The van der Waals surface area contributed by atoms with Crippen molar-refractivity contribution in [3.63, 3.8) is 0 Å². The summed E-state index contributed by atoms with van der Waals surface area (Å²) in [4.78, 5) is 4.11. The molecule has 0 unspecified atom stereocenters. The summed E-state index contributed by atoms with van der Waals surface area (Å²) in [5.41, 5.74) is 6.29. The number of methoxy groups -OCH3 is 1. The summed E-state index contributed by atoms with van der Waals surface area (Å²) in [5, 5.41) is 1.10. The first-order valence-electron chi connectivity index (χ1n) is 3.61. The van der Waals surface area contributed by atoms with Crippen molar-refractivity contribution in [1.29, 1.82) is 0 Å². The summed E-state index contributed by atoms with van der Waals surface area (Å²) >= 11 is 7.31. The van der Waals surface area contributed by atoms with Crippen LogP contribution in [0.5, 0.6) is 5.75 Å². The van der Waals surface area contributed by atoms with E-state index in [9.17, 15) is 0 Å². The third kappa shape index (κ3) is 1.32. The van der Waals surface area contributed by atoms with E-state index in [-0.39, 0.29) is 0 Å². The summed E-state index contributed by atoms with van der Waals surface area (Å²) in [6.07, 6.45) is 0. The SMILES string of the molecule is COc1ccc(Cl)c2nc(N)sc12. The lowest BCUT2D eigenvalue weighted by atomic mass is 10.3. The van der Waals surface area contributed by atoms with Crippen molar-refractivity contribution in [2.45, 2.75) is 0 Å². The number of aromatic nitrogens is 1. The molecule has 2 rings (SSSR count). The number of nitrogen functional groups attached to an aromatic ring is 1. The van der Waals surface area contributed by atoms with Crippen molar-refractivity contribution in [2.75, 3.05) is 12.8 Å². The van der Waals surface area contributed by atoms with Gasteiger partial charge in [-0.1, -0.05) is 22.9 Å². The van der Waals surface area contributed by atoms with E-state index in [1.807, 2.05) is 6.07 Å². The molecular formula is C8H7ClN2OS. The highest BCUT2D eigenvalue weighted by Gasteiger charge is 2.09. The zero-order valence-electron chi connectivity index (χ0n) is 6.87. The van der Waals surface area contributed by atoms with Crippen molar-refractivity contribution in [3.8, 4) is 5.75 Å². The van der Waals surface area contributed by atoms with Gasteiger partial charge in [0.15, 0.2) is 5.13 Å². The molecule has 0 saturated heterocycles. The molecule has 0 aliphatic carbocycles. The van der Waals surface area contributed by atoms with Crippen LogP contribution < -0.4 is 10.5 Å². The monoisotopic (exact) mass is 214 g/mol. The molecule has 13 heavy (non-hydrogen) atoms. The average molecular weight is 215 g/mol. The second-order valence-corrected chi connectivity index (χ2v) is 3.92. The van der Waals surface area contributed by atoms with E-state index in [1.54, 1.807) is 13.2 Å². The normalized spacial score (nSPS) is 10.6. The van der Waals surface area contributed by atoms with E-state index < -0.39 is 0 Å². The van der Waals surface area contributed by atoms with Crippen LogP contribution in [0.4, 0.5) is 5.13 Å². The summed E-state index contributed by atoms with van der Waals surface area (Å²) in [5.74, 6) is 0.758. The fraction of sp³-hybridized carbons (Fsp3) is 0.125. The van der Waals surface area contributed by atoms with Gasteiger partial charge in [0.2, 0.25) is 0 Å². The van der Waals surface area contributed by atoms with Crippen LogP contribution in [0.15, 0.2) is 12.1 Å². The summed E-state index contributed by atoms with van der Waals surface area (Å²) in [6.45, 7) is 0. The highest BCUT2D eigenvalue weighted by Crippen LogP contribution is 2.36. The van der Waals surface area contributed by atoms with Gasteiger partial charge in [0.1, 0.15) is 11.3 Å². The number of rotatable bonds is 1. The van der Waals surface area contributed by atoms with Crippen molar-refractivity contribution in [1.82, 2.24) is 4.98 Å². The predicted molar refractivity (Wildman–Crippen MR) is 55.6 cm³/mol. The second-order valence-electron chi connectivity index (χ2n) is 2.48. The standard InChI is InChI=1S/C8H7ClN2OS/c1-12-5-3-2-4(9)6-7(5)13-8(10)11-6/h2-3H,1H3,(H2,10,11). The topological polar surface area (TPSA) is 48.1 Å². The molecule has 1 aromatic carbocycles. The lowest BCUT2D eigenvalue weighted by molar-refractivity contribution is 0.420. The molecule has 0 spiro atoms. The Morgan fingerprint density at radius 2 is 2.31 bits per heavy atom. The van der Waals surface area contributed by atoms with Gasteiger partial charge < -0.3 is 10.5 Å². The quantitative estimate of drug-likeness (QED) is 0.794. The first-order chi connectivity index (χ1) is 6.22. The molecule has 0 fully saturated rings. The minimum Gasteiger partial charge on any atom is -0.495 e. The predicted octanol–water partition coefficient (Wildman–Crippen LogP) is 2.54. The molecule has 1 heterocycles. The van der Waals surface area contributed by atoms with Crippen LogP contribution in [-0.2, 0) is 0 Å². The number of benzene rings is 1. The number of hydrogen-bond donors (Lipinski definition) is 1. The molecule has 5 heteroatoms. The maximum Gasteiger partial charge on any atom is 0.181 e. The van der Waals surface area contributed by atoms with Gasteiger partial charge in [-0.3, -0.25) is 0 Å². The minimum absolute atomic E-state index is 0.501. The van der Waals surface area contributed by atoms with Crippen LogP contribution in [0.3, 0.4) is 0 Å². The maximum absolute atomic E-state index is 5.93. The van der Waals surface area contributed by atoms with Crippen LogP contribution in [0.2, 0.25) is 5.02 Å². The molecule has 0 aliphatic heterocycles. The first-order valence-corrected chi connectivity index (χ1v) is 4.80. The van der Waals surface area contributed by atoms with Crippen LogP contribution in [0, 0.1) is 0 Å². The molecule has 0 radical (unpaired) electrons. The summed E-state index contributed by atoms with van der Waals surface area (Å²) < 4.78 is 6.05. The van der Waals surface area contributed by atoms with Crippen LogP contribution in [0.1, 0.15) is 0 Å². The third-order valence-electron chi connectivity index (χ3n) is 1.69. The number of fused-ring (bicyclic) bond motifs is 1. The molecule has 2 N–H and O–H groups in total. The number of ether oxygens (including phenoxy) is 1. The fourth-order valence-corrected chi connectivity index (χ4v) is 2.24. The molecule has 0 aliphatic rings. The van der Waals surface area contributed by atoms with Gasteiger partial charge in [-0.05, 0) is 12.1 Å². The molecule has 3 nitrogen and oxygen atoms in total. The fourth-order valence-electron chi connectivity index (χ4n) is 1.13. The number of nitrogens with two attached hydrogens (primary N) is 1. The van der Waals surface area contributed by atoms with E-state index in [1.165, 1.54) is 11.3 Å². The Hall–Kier alpha value is -1.00. The minimum atomic E-state index is 0.501. The number of nitrogens with zero attached hydrogens (tertiary/aromatic N) is 1. The number of halogens is 1. The van der Waals surface area contributed by atoms with E-state index in [2.05, 4.69) is 4.98 Å². The van der Waals surface area contributed by atoms with Crippen LogP contribution >= 0.6 is 22.9 Å². The molecule has 0 saturated carbocycles. The highest BCUT2D eigenvalue weighted by molar-refractivity contribution is 7.22. The zero-order valence-corrected chi connectivity index (χ0v) is 8.45. The molecule has 1 aromatic heterocycles. The number of hydrogen-bond acceptors (Lipinski definition) is 4. The third-order valence-corrected chi connectivity index (χ3v) is 2.90. The van der Waals surface area contributed by atoms with Gasteiger partial charge in [-0.25, -0.2) is 4.98 Å². The van der Waals surface area contributed by atoms with Crippen molar-refractivity contribution >= 4 is 38.3 Å². The van der Waals surface area contributed by atoms with Gasteiger partial charge in [-0.2, -0.15) is 0 Å². The first kappa shape index (κ1) is 8.59. The average Bonchev–Trinajstić information content (AvgIpc) is 2.48. The van der Waals surface area contributed by atoms with E-state index in [4.69, 9.17) is 22.1 Å².